The molecule has 0 bridgehead atoms. The number of nitrogens with one attached hydrogen (secondary N) is 2. The number of carbonyl (C=O) groups excluding carboxylic acids is 2. The molecule has 3 aromatic rings. The Morgan fingerprint density at radius 1 is 1.28 bits per heavy atom. The average Bonchev–Trinajstić information content (AvgIpc) is 3.10. The molecule has 0 aliphatic heterocycles. The number of hydrogen-bond donors (Lipinski definition) is 2. The van der Waals surface area contributed by atoms with Crippen LogP contribution in [0.1, 0.15) is 10.5 Å². The zero-order valence-electron chi connectivity index (χ0n) is 13.4. The van der Waals surface area contributed by atoms with E-state index in [1.54, 1.807) is 30.9 Å². The number of aromatic nitrogens is 5. The van der Waals surface area contributed by atoms with Gasteiger partial charge in [0.1, 0.15) is 24.0 Å². The van der Waals surface area contributed by atoms with Crippen molar-refractivity contribution in [3.8, 4) is 0 Å². The summed E-state index contributed by atoms with van der Waals surface area (Å²) in [6, 6.07) is 1.62. The van der Waals surface area contributed by atoms with E-state index in [1.165, 1.54) is 17.2 Å². The van der Waals surface area contributed by atoms with Crippen LogP contribution in [-0.4, -0.2) is 35.7 Å². The van der Waals surface area contributed by atoms with Gasteiger partial charge in [-0.3, -0.25) is 34.5 Å². The van der Waals surface area contributed by atoms with E-state index in [-0.39, 0.29) is 12.1 Å². The van der Waals surface area contributed by atoms with Crippen LogP contribution in [0.4, 0.5) is 0 Å². The van der Waals surface area contributed by atoms with Crippen molar-refractivity contribution in [2.45, 2.75) is 6.54 Å². The number of hydrazine groups is 1. The maximum absolute atomic E-state index is 12.3. The van der Waals surface area contributed by atoms with Crippen LogP contribution < -0.4 is 16.4 Å². The Labute approximate surface area is 149 Å². The molecular formula is C14H14BrN7O3. The molecule has 0 atom stereocenters. The van der Waals surface area contributed by atoms with E-state index in [1.807, 2.05) is 0 Å². The van der Waals surface area contributed by atoms with Crippen molar-refractivity contribution in [1.82, 2.24) is 34.8 Å². The molecule has 3 rings (SSSR count). The Balaban J connectivity index is 1.67. The van der Waals surface area contributed by atoms with Crippen LogP contribution in [0, 0.1) is 0 Å². The molecule has 2 N–H and O–H groups in total. The average molecular weight is 408 g/mol. The smallest absolute Gasteiger partial charge is 0.286 e. The Kier molecular flexibility index (Phi) is 4.40. The second-order valence-corrected chi connectivity index (χ2v) is 6.26. The van der Waals surface area contributed by atoms with E-state index in [0.29, 0.717) is 16.7 Å². The summed E-state index contributed by atoms with van der Waals surface area (Å²) in [6.07, 6.45) is 4.38. The fourth-order valence-electron chi connectivity index (χ4n) is 2.31. The van der Waals surface area contributed by atoms with E-state index in [9.17, 15) is 14.4 Å². The van der Waals surface area contributed by atoms with Gasteiger partial charge in [-0.1, -0.05) is 0 Å². The van der Waals surface area contributed by atoms with Crippen molar-refractivity contribution in [2.24, 2.45) is 14.1 Å². The summed E-state index contributed by atoms with van der Waals surface area (Å²) in [4.78, 5) is 40.4. The first-order chi connectivity index (χ1) is 11.9. The predicted octanol–water partition coefficient (Wildman–Crippen LogP) is -0.308. The van der Waals surface area contributed by atoms with Crippen molar-refractivity contribution in [3.05, 3.63) is 45.3 Å². The van der Waals surface area contributed by atoms with Gasteiger partial charge in [0.05, 0.1) is 6.20 Å². The van der Waals surface area contributed by atoms with Crippen molar-refractivity contribution in [3.63, 3.8) is 0 Å². The first-order valence-corrected chi connectivity index (χ1v) is 7.94. The van der Waals surface area contributed by atoms with Gasteiger partial charge in [0.15, 0.2) is 5.65 Å². The van der Waals surface area contributed by atoms with E-state index < -0.39 is 11.8 Å². The van der Waals surface area contributed by atoms with Crippen molar-refractivity contribution in [2.75, 3.05) is 0 Å². The van der Waals surface area contributed by atoms with E-state index in [2.05, 4.69) is 36.9 Å². The quantitative estimate of drug-likeness (QED) is 0.577. The highest BCUT2D eigenvalue weighted by Crippen LogP contribution is 2.13. The van der Waals surface area contributed by atoms with Crippen LogP contribution in [0.3, 0.4) is 0 Å². The third kappa shape index (κ3) is 3.31. The molecule has 0 unspecified atom stereocenters. The summed E-state index contributed by atoms with van der Waals surface area (Å²) < 4.78 is 4.97. The molecule has 0 fully saturated rings. The topological polar surface area (TPSA) is 116 Å². The molecule has 3 heterocycles. The number of rotatable bonds is 3. The molecular weight excluding hydrogens is 394 g/mol. The number of nitrogens with zero attached hydrogens (tertiary/aromatic N) is 5. The molecule has 0 aromatic carbocycles. The standard InChI is InChI=1S/C14H14BrN7O3/c1-20-5-8(15)3-10(20)13(24)19-18-11(23)6-22-7-16-12-9(14(22)25)4-17-21(12)2/h3-5,7H,6H2,1-2H3,(H,18,23)(H,19,24). The summed E-state index contributed by atoms with van der Waals surface area (Å²) in [7, 11) is 3.37. The minimum Gasteiger partial charge on any atom is -0.345 e. The van der Waals surface area contributed by atoms with Crippen molar-refractivity contribution >= 4 is 38.8 Å². The molecule has 3 aromatic heterocycles. The van der Waals surface area contributed by atoms with Crippen LogP contribution in [0.25, 0.3) is 11.0 Å². The Bertz CT molecular complexity index is 1030. The summed E-state index contributed by atoms with van der Waals surface area (Å²) in [5.41, 5.74) is 4.99. The summed E-state index contributed by atoms with van der Waals surface area (Å²) in [6.45, 7) is -0.284. The van der Waals surface area contributed by atoms with Gasteiger partial charge in [-0.15, -0.1) is 0 Å². The Hall–Kier alpha value is -2.95. The number of amides is 2. The molecule has 0 saturated carbocycles. The van der Waals surface area contributed by atoms with Crippen LogP contribution in [0.2, 0.25) is 0 Å². The monoisotopic (exact) mass is 407 g/mol. The molecule has 0 saturated heterocycles. The number of hydrogen-bond acceptors (Lipinski definition) is 5. The van der Waals surface area contributed by atoms with Gasteiger partial charge in [0.2, 0.25) is 0 Å². The fourth-order valence-corrected chi connectivity index (χ4v) is 2.84. The second kappa shape index (κ2) is 6.51. The summed E-state index contributed by atoms with van der Waals surface area (Å²) in [5, 5.41) is 4.27. The SMILES string of the molecule is Cn1cc(Br)cc1C(=O)NNC(=O)Cn1cnc2c(cnn2C)c1=O. The zero-order chi connectivity index (χ0) is 18.1. The van der Waals surface area contributed by atoms with Crippen molar-refractivity contribution < 1.29 is 9.59 Å². The lowest BCUT2D eigenvalue weighted by Crippen LogP contribution is -2.44. The first-order valence-electron chi connectivity index (χ1n) is 7.15. The van der Waals surface area contributed by atoms with Gasteiger partial charge in [0.25, 0.3) is 17.4 Å². The molecule has 25 heavy (non-hydrogen) atoms. The molecule has 0 aliphatic rings. The Morgan fingerprint density at radius 3 is 2.72 bits per heavy atom. The maximum atomic E-state index is 12.3. The maximum Gasteiger partial charge on any atom is 0.286 e. The lowest BCUT2D eigenvalue weighted by atomic mass is 10.4. The fraction of sp³-hybridized carbons (Fsp3) is 0.214. The molecule has 10 nitrogen and oxygen atoms in total. The van der Waals surface area contributed by atoms with Crippen LogP contribution in [0.5, 0.6) is 0 Å². The van der Waals surface area contributed by atoms with Gasteiger partial charge in [-0.2, -0.15) is 5.10 Å². The zero-order valence-corrected chi connectivity index (χ0v) is 14.9. The molecule has 0 aliphatic carbocycles. The number of carbonyl (C=O) groups is 2. The summed E-state index contributed by atoms with van der Waals surface area (Å²) in [5.74, 6) is -1.04. The first kappa shape index (κ1) is 16.9. The third-order valence-corrected chi connectivity index (χ3v) is 3.99. The normalized spacial score (nSPS) is 10.8. The second-order valence-electron chi connectivity index (χ2n) is 5.34. The number of aryl methyl sites for hydroxylation is 2. The van der Waals surface area contributed by atoms with Crippen molar-refractivity contribution in [1.29, 1.82) is 0 Å². The van der Waals surface area contributed by atoms with Crippen LogP contribution in [-0.2, 0) is 25.4 Å². The molecule has 11 heteroatoms. The van der Waals surface area contributed by atoms with Gasteiger partial charge in [-0.05, 0) is 22.0 Å². The molecule has 2 amide bonds. The number of fused-ring (bicyclic) bond motifs is 1. The van der Waals surface area contributed by atoms with E-state index in [0.717, 1.165) is 9.04 Å². The van der Waals surface area contributed by atoms with E-state index in [4.69, 9.17) is 0 Å². The van der Waals surface area contributed by atoms with Gasteiger partial charge >= 0.3 is 0 Å². The lowest BCUT2D eigenvalue weighted by molar-refractivity contribution is -0.122. The highest BCUT2D eigenvalue weighted by atomic mass is 79.9. The highest BCUT2D eigenvalue weighted by Gasteiger charge is 2.14. The number of halogens is 1. The van der Waals surface area contributed by atoms with Gasteiger partial charge in [0, 0.05) is 24.8 Å². The lowest BCUT2D eigenvalue weighted by Gasteiger charge is -2.09. The van der Waals surface area contributed by atoms with Gasteiger partial charge < -0.3 is 4.57 Å². The predicted molar refractivity (Wildman–Crippen MR) is 91.5 cm³/mol. The van der Waals surface area contributed by atoms with Gasteiger partial charge in [-0.25, -0.2) is 4.98 Å². The molecule has 0 radical (unpaired) electrons. The highest BCUT2D eigenvalue weighted by molar-refractivity contribution is 9.10. The van der Waals surface area contributed by atoms with Crippen LogP contribution in [0.15, 0.2) is 34.1 Å². The largest absolute Gasteiger partial charge is 0.345 e. The minimum absolute atomic E-state index is 0.284. The summed E-state index contributed by atoms with van der Waals surface area (Å²) >= 11 is 3.26. The van der Waals surface area contributed by atoms with Crippen LogP contribution >= 0.6 is 15.9 Å². The van der Waals surface area contributed by atoms with E-state index >= 15 is 0 Å². The molecule has 0 spiro atoms. The minimum atomic E-state index is -0.561. The Morgan fingerprint density at radius 2 is 2.04 bits per heavy atom. The molecule has 130 valence electrons. The third-order valence-electron chi connectivity index (χ3n) is 3.55.